The van der Waals surface area contributed by atoms with Gasteiger partial charge in [0.25, 0.3) is 5.91 Å². The van der Waals surface area contributed by atoms with Crippen molar-refractivity contribution in [3.8, 4) is 5.75 Å². The van der Waals surface area contributed by atoms with Gasteiger partial charge in [-0.25, -0.2) is 8.78 Å². The van der Waals surface area contributed by atoms with Crippen molar-refractivity contribution in [2.45, 2.75) is 6.54 Å². The first-order valence-corrected chi connectivity index (χ1v) is 7.87. The largest absolute Gasteiger partial charge is 0.490 e. The summed E-state index contributed by atoms with van der Waals surface area (Å²) in [4.78, 5) is 12.9. The van der Waals surface area contributed by atoms with E-state index in [1.807, 2.05) is 31.3 Å². The van der Waals surface area contributed by atoms with E-state index < -0.39 is 23.2 Å². The van der Waals surface area contributed by atoms with Crippen molar-refractivity contribution in [2.24, 2.45) is 0 Å². The van der Waals surface area contributed by atoms with Crippen LogP contribution in [0.5, 0.6) is 5.75 Å². The summed E-state index contributed by atoms with van der Waals surface area (Å²) in [7, 11) is 1.83. The van der Waals surface area contributed by atoms with Crippen LogP contribution in [0.15, 0.2) is 55.1 Å². The summed E-state index contributed by atoms with van der Waals surface area (Å²) in [6.07, 6.45) is 1.67. The molecule has 1 amide bonds. The number of hydrogen-bond donors (Lipinski definition) is 2. The van der Waals surface area contributed by atoms with Gasteiger partial charge < -0.3 is 15.0 Å². The molecule has 0 aliphatic rings. The number of nitrogens with one attached hydrogen (secondary N) is 2. The predicted molar refractivity (Wildman–Crippen MR) is 92.6 cm³/mol. The van der Waals surface area contributed by atoms with E-state index in [2.05, 4.69) is 11.9 Å². The van der Waals surface area contributed by atoms with Crippen LogP contribution in [0.25, 0.3) is 0 Å². The molecule has 0 heterocycles. The quantitative estimate of drug-likeness (QED) is 0.719. The molecule has 0 aromatic heterocycles. The van der Waals surface area contributed by atoms with Crippen molar-refractivity contribution in [1.82, 2.24) is 0 Å². The van der Waals surface area contributed by atoms with Crippen LogP contribution in [-0.4, -0.2) is 26.1 Å². The molecular formula is C19H21F2N2O2+. The molecule has 2 rings (SSSR count). The number of anilines is 1. The first-order valence-electron chi connectivity index (χ1n) is 7.87. The van der Waals surface area contributed by atoms with Gasteiger partial charge >= 0.3 is 0 Å². The second-order valence-corrected chi connectivity index (χ2v) is 5.70. The standard InChI is InChI=1S/C19H20F2N2O2/c1-3-11-25-15-9-7-14(8-10-15)12-23(2)13-18(24)22-19-16(20)5-4-6-17(19)21/h3-10H,1,11-13H2,2H3,(H,22,24)/p+1. The summed E-state index contributed by atoms with van der Waals surface area (Å²) in [5.74, 6) is -1.29. The number of para-hydroxylation sites is 1. The van der Waals surface area contributed by atoms with Gasteiger partial charge in [-0.05, 0) is 36.4 Å². The molecule has 0 saturated carbocycles. The van der Waals surface area contributed by atoms with E-state index in [0.717, 1.165) is 28.3 Å². The Morgan fingerprint density at radius 2 is 1.84 bits per heavy atom. The number of halogens is 2. The molecular weight excluding hydrogens is 326 g/mol. The molecule has 0 fully saturated rings. The maximum atomic E-state index is 13.5. The second-order valence-electron chi connectivity index (χ2n) is 5.70. The topological polar surface area (TPSA) is 42.8 Å². The molecule has 6 heteroatoms. The molecule has 2 aromatic rings. The van der Waals surface area contributed by atoms with Crippen LogP contribution in [-0.2, 0) is 11.3 Å². The zero-order chi connectivity index (χ0) is 18.2. The van der Waals surface area contributed by atoms with Gasteiger partial charge in [-0.3, -0.25) is 4.79 Å². The molecule has 0 bridgehead atoms. The highest BCUT2D eigenvalue weighted by Gasteiger charge is 2.15. The molecule has 2 N–H and O–H groups in total. The summed E-state index contributed by atoms with van der Waals surface area (Å²) in [5, 5.41) is 2.29. The third-order valence-corrected chi connectivity index (χ3v) is 3.49. The van der Waals surface area contributed by atoms with Crippen molar-refractivity contribution in [1.29, 1.82) is 0 Å². The molecule has 0 aliphatic heterocycles. The number of ether oxygens (including phenoxy) is 1. The van der Waals surface area contributed by atoms with Crippen LogP contribution in [0, 0.1) is 11.6 Å². The van der Waals surface area contributed by atoms with Crippen molar-refractivity contribution < 1.29 is 23.2 Å². The van der Waals surface area contributed by atoms with Gasteiger partial charge in [0.15, 0.2) is 6.54 Å². The van der Waals surface area contributed by atoms with Gasteiger partial charge in [0, 0.05) is 5.56 Å². The fourth-order valence-corrected chi connectivity index (χ4v) is 2.34. The number of carbonyl (C=O) groups excluding carboxylic acids is 1. The van der Waals surface area contributed by atoms with Crippen molar-refractivity contribution in [3.63, 3.8) is 0 Å². The second kappa shape index (κ2) is 8.94. The van der Waals surface area contributed by atoms with Crippen LogP contribution in [0.1, 0.15) is 5.56 Å². The Morgan fingerprint density at radius 1 is 1.20 bits per heavy atom. The number of hydrogen-bond acceptors (Lipinski definition) is 2. The van der Waals surface area contributed by atoms with Crippen LogP contribution in [0.2, 0.25) is 0 Å². The third-order valence-electron chi connectivity index (χ3n) is 3.49. The lowest BCUT2D eigenvalue weighted by Crippen LogP contribution is -3.08. The highest BCUT2D eigenvalue weighted by atomic mass is 19.1. The molecule has 0 radical (unpaired) electrons. The lowest BCUT2D eigenvalue weighted by molar-refractivity contribution is -0.885. The fourth-order valence-electron chi connectivity index (χ4n) is 2.34. The lowest BCUT2D eigenvalue weighted by Gasteiger charge is -2.14. The minimum atomic E-state index is -0.791. The molecule has 25 heavy (non-hydrogen) atoms. The summed E-state index contributed by atoms with van der Waals surface area (Å²) in [6.45, 7) is 4.71. The van der Waals surface area contributed by atoms with E-state index in [0.29, 0.717) is 13.2 Å². The number of benzene rings is 2. The van der Waals surface area contributed by atoms with Crippen LogP contribution < -0.4 is 15.0 Å². The van der Waals surface area contributed by atoms with E-state index in [1.54, 1.807) is 6.08 Å². The monoisotopic (exact) mass is 347 g/mol. The molecule has 132 valence electrons. The first-order chi connectivity index (χ1) is 12.0. The molecule has 4 nitrogen and oxygen atoms in total. The van der Waals surface area contributed by atoms with E-state index in [4.69, 9.17) is 4.74 Å². The summed E-state index contributed by atoms with van der Waals surface area (Å²) in [5.41, 5.74) is 0.609. The average Bonchev–Trinajstić information content (AvgIpc) is 2.57. The van der Waals surface area contributed by atoms with Gasteiger partial charge in [0.2, 0.25) is 0 Å². The fraction of sp³-hybridized carbons (Fsp3) is 0.211. The van der Waals surface area contributed by atoms with E-state index in [1.165, 1.54) is 6.07 Å². The Labute approximate surface area is 145 Å². The molecule has 1 atom stereocenters. The highest BCUT2D eigenvalue weighted by molar-refractivity contribution is 5.91. The lowest BCUT2D eigenvalue weighted by atomic mass is 10.2. The average molecular weight is 347 g/mol. The van der Waals surface area contributed by atoms with Crippen LogP contribution in [0.3, 0.4) is 0 Å². The van der Waals surface area contributed by atoms with Gasteiger partial charge in [-0.2, -0.15) is 0 Å². The van der Waals surface area contributed by atoms with Gasteiger partial charge in [-0.15, -0.1) is 0 Å². The third kappa shape index (κ3) is 5.69. The number of likely N-dealkylation sites (N-methyl/N-ethyl adjacent to an activating group) is 1. The molecule has 0 spiro atoms. The summed E-state index contributed by atoms with van der Waals surface area (Å²) in [6, 6.07) is 11.0. The van der Waals surface area contributed by atoms with Crippen molar-refractivity contribution in [3.05, 3.63) is 72.3 Å². The van der Waals surface area contributed by atoms with E-state index >= 15 is 0 Å². The van der Waals surface area contributed by atoms with E-state index in [9.17, 15) is 13.6 Å². The van der Waals surface area contributed by atoms with E-state index in [-0.39, 0.29) is 6.54 Å². The summed E-state index contributed by atoms with van der Waals surface area (Å²) >= 11 is 0. The molecule has 0 saturated heterocycles. The number of carbonyl (C=O) groups is 1. The van der Waals surface area contributed by atoms with Gasteiger partial charge in [-0.1, -0.05) is 18.7 Å². The minimum absolute atomic E-state index is 0.0858. The number of amides is 1. The Morgan fingerprint density at radius 3 is 2.44 bits per heavy atom. The SMILES string of the molecule is C=CCOc1ccc(C[NH+](C)CC(=O)Nc2c(F)cccc2F)cc1. The molecule has 1 unspecified atom stereocenters. The Bertz CT molecular complexity index is 712. The van der Waals surface area contributed by atoms with Crippen molar-refractivity contribution >= 4 is 11.6 Å². The van der Waals surface area contributed by atoms with Crippen LogP contribution >= 0.6 is 0 Å². The van der Waals surface area contributed by atoms with Gasteiger partial charge in [0.05, 0.1) is 7.05 Å². The smallest absolute Gasteiger partial charge is 0.279 e. The van der Waals surface area contributed by atoms with Gasteiger partial charge in [0.1, 0.15) is 36.2 Å². The molecule has 2 aromatic carbocycles. The molecule has 0 aliphatic carbocycles. The maximum Gasteiger partial charge on any atom is 0.279 e. The Balaban J connectivity index is 1.88. The summed E-state index contributed by atoms with van der Waals surface area (Å²) < 4.78 is 32.5. The minimum Gasteiger partial charge on any atom is -0.490 e. The zero-order valence-electron chi connectivity index (χ0n) is 14.0. The first kappa shape index (κ1) is 18.6. The Hall–Kier alpha value is -2.73. The number of quaternary nitrogens is 1. The van der Waals surface area contributed by atoms with Crippen molar-refractivity contribution in [2.75, 3.05) is 25.5 Å². The van der Waals surface area contributed by atoms with Crippen LogP contribution in [0.4, 0.5) is 14.5 Å². The predicted octanol–water partition coefficient (Wildman–Crippen LogP) is 2.18. The maximum absolute atomic E-state index is 13.5. The zero-order valence-corrected chi connectivity index (χ0v) is 14.0. The normalized spacial score (nSPS) is 11.6. The number of rotatable bonds is 8. The Kier molecular flexibility index (Phi) is 6.65. The highest BCUT2D eigenvalue weighted by Crippen LogP contribution is 2.17.